The fraction of sp³-hybridized carbons (Fsp3) is 0.286. The molecule has 96 valence electrons. The maximum atomic E-state index is 11.8. The zero-order chi connectivity index (χ0) is 13.5. The number of carbonyl (C=O) groups excluding carboxylic acids is 2. The highest BCUT2D eigenvalue weighted by Crippen LogP contribution is 2.05. The van der Waals surface area contributed by atoms with Crippen LogP contribution in [0.25, 0.3) is 0 Å². The van der Waals surface area contributed by atoms with Gasteiger partial charge in [-0.25, -0.2) is 4.79 Å². The average Bonchev–Trinajstić information content (AvgIpc) is 2.39. The Balaban J connectivity index is 2.75. The van der Waals surface area contributed by atoms with Gasteiger partial charge in [0.05, 0.1) is 12.2 Å². The van der Waals surface area contributed by atoms with Crippen molar-refractivity contribution >= 4 is 11.9 Å². The van der Waals surface area contributed by atoms with Gasteiger partial charge in [-0.1, -0.05) is 18.2 Å². The summed E-state index contributed by atoms with van der Waals surface area (Å²) in [5.74, 6) is -0.653. The van der Waals surface area contributed by atoms with Crippen LogP contribution in [0.1, 0.15) is 31.1 Å². The Hall–Kier alpha value is -2.10. The first-order valence-electron chi connectivity index (χ1n) is 5.77. The van der Waals surface area contributed by atoms with Crippen molar-refractivity contribution in [1.82, 2.24) is 5.32 Å². The number of carbonyl (C=O) groups is 2. The lowest BCUT2D eigenvalue weighted by atomic mass is 10.2. The van der Waals surface area contributed by atoms with Gasteiger partial charge in [0.15, 0.2) is 0 Å². The van der Waals surface area contributed by atoms with Crippen LogP contribution in [-0.2, 0) is 9.53 Å². The molecule has 0 spiro atoms. The van der Waals surface area contributed by atoms with Crippen molar-refractivity contribution in [2.24, 2.45) is 0 Å². The monoisotopic (exact) mass is 247 g/mol. The zero-order valence-corrected chi connectivity index (χ0v) is 10.8. The van der Waals surface area contributed by atoms with Gasteiger partial charge in [-0.05, 0) is 32.9 Å². The first-order valence-corrected chi connectivity index (χ1v) is 5.77. The van der Waals surface area contributed by atoms with E-state index in [1.807, 2.05) is 6.07 Å². The number of allylic oxidation sites excluding steroid dienone is 1. The van der Waals surface area contributed by atoms with E-state index in [9.17, 15) is 9.59 Å². The SMILES string of the molecule is CCOC(=O)/C(C)=C(/C)NC(=O)c1ccccc1. The Morgan fingerprint density at radius 1 is 1.17 bits per heavy atom. The molecule has 1 N–H and O–H groups in total. The van der Waals surface area contributed by atoms with Gasteiger partial charge >= 0.3 is 5.97 Å². The van der Waals surface area contributed by atoms with Crippen molar-refractivity contribution in [3.8, 4) is 0 Å². The summed E-state index contributed by atoms with van der Waals surface area (Å²) in [7, 11) is 0. The predicted molar refractivity (Wildman–Crippen MR) is 68.9 cm³/mol. The maximum Gasteiger partial charge on any atom is 0.335 e. The average molecular weight is 247 g/mol. The Labute approximate surface area is 107 Å². The van der Waals surface area contributed by atoms with Crippen LogP contribution >= 0.6 is 0 Å². The Morgan fingerprint density at radius 2 is 1.78 bits per heavy atom. The van der Waals surface area contributed by atoms with Crippen molar-refractivity contribution in [2.45, 2.75) is 20.8 Å². The van der Waals surface area contributed by atoms with Gasteiger partial charge in [0.25, 0.3) is 5.91 Å². The molecule has 1 rings (SSSR count). The van der Waals surface area contributed by atoms with Gasteiger partial charge < -0.3 is 10.1 Å². The quantitative estimate of drug-likeness (QED) is 0.656. The molecular formula is C14H17NO3. The second-order valence-electron chi connectivity index (χ2n) is 3.79. The van der Waals surface area contributed by atoms with Gasteiger partial charge in [0.2, 0.25) is 0 Å². The fourth-order valence-electron chi connectivity index (χ4n) is 1.32. The van der Waals surface area contributed by atoms with Crippen molar-refractivity contribution in [2.75, 3.05) is 6.61 Å². The molecule has 0 aromatic heterocycles. The van der Waals surface area contributed by atoms with Gasteiger partial charge in [-0.2, -0.15) is 0 Å². The third kappa shape index (κ3) is 3.73. The lowest BCUT2D eigenvalue weighted by Gasteiger charge is -2.09. The third-order valence-corrected chi connectivity index (χ3v) is 2.48. The molecule has 0 radical (unpaired) electrons. The number of amides is 1. The minimum absolute atomic E-state index is 0.239. The molecule has 4 heteroatoms. The number of hydrogen-bond donors (Lipinski definition) is 1. The van der Waals surface area contributed by atoms with E-state index in [4.69, 9.17) is 4.74 Å². The van der Waals surface area contributed by atoms with Crippen molar-refractivity contribution in [3.63, 3.8) is 0 Å². The summed E-state index contributed by atoms with van der Waals surface area (Å²) in [5.41, 5.74) is 1.46. The number of ether oxygens (including phenoxy) is 1. The molecule has 0 aliphatic heterocycles. The minimum Gasteiger partial charge on any atom is -0.463 e. The van der Waals surface area contributed by atoms with Gasteiger partial charge in [0.1, 0.15) is 0 Å². The highest BCUT2D eigenvalue weighted by atomic mass is 16.5. The Kier molecular flexibility index (Phi) is 5.11. The van der Waals surface area contributed by atoms with Crippen LogP contribution in [0, 0.1) is 0 Å². The Bertz CT molecular complexity index is 463. The van der Waals surface area contributed by atoms with Crippen LogP contribution in [0.15, 0.2) is 41.6 Å². The lowest BCUT2D eigenvalue weighted by Crippen LogP contribution is -2.24. The summed E-state index contributed by atoms with van der Waals surface area (Å²) in [6, 6.07) is 8.83. The highest BCUT2D eigenvalue weighted by Gasteiger charge is 2.11. The number of nitrogens with one attached hydrogen (secondary N) is 1. The highest BCUT2D eigenvalue weighted by molar-refractivity contribution is 5.96. The molecule has 0 unspecified atom stereocenters. The molecule has 1 aromatic carbocycles. The van der Waals surface area contributed by atoms with Crippen LogP contribution in [-0.4, -0.2) is 18.5 Å². The summed E-state index contributed by atoms with van der Waals surface area (Å²) in [5, 5.41) is 2.68. The first-order chi connectivity index (χ1) is 8.56. The van der Waals surface area contributed by atoms with Gasteiger partial charge in [-0.3, -0.25) is 4.79 Å². The van der Waals surface area contributed by atoms with E-state index in [-0.39, 0.29) is 5.91 Å². The molecule has 4 nitrogen and oxygen atoms in total. The molecule has 0 fully saturated rings. The van der Waals surface area contributed by atoms with Crippen LogP contribution in [0.5, 0.6) is 0 Å². The molecule has 0 saturated carbocycles. The Morgan fingerprint density at radius 3 is 2.33 bits per heavy atom. The van der Waals surface area contributed by atoms with Crippen molar-refractivity contribution < 1.29 is 14.3 Å². The lowest BCUT2D eigenvalue weighted by molar-refractivity contribution is -0.138. The molecule has 0 aliphatic carbocycles. The normalized spacial score (nSPS) is 11.5. The summed E-state index contributed by atoms with van der Waals surface area (Å²) in [6.07, 6.45) is 0. The summed E-state index contributed by atoms with van der Waals surface area (Å²) >= 11 is 0. The van der Waals surface area contributed by atoms with E-state index in [0.29, 0.717) is 23.4 Å². The third-order valence-electron chi connectivity index (χ3n) is 2.48. The van der Waals surface area contributed by atoms with Crippen LogP contribution in [0.3, 0.4) is 0 Å². The van der Waals surface area contributed by atoms with Crippen LogP contribution < -0.4 is 5.32 Å². The van der Waals surface area contributed by atoms with E-state index >= 15 is 0 Å². The number of esters is 1. The molecule has 1 aromatic rings. The van der Waals surface area contributed by atoms with E-state index in [0.717, 1.165) is 0 Å². The molecule has 18 heavy (non-hydrogen) atoms. The van der Waals surface area contributed by atoms with Crippen LogP contribution in [0.2, 0.25) is 0 Å². The van der Waals surface area contributed by atoms with Crippen molar-refractivity contribution in [1.29, 1.82) is 0 Å². The molecule has 0 heterocycles. The first kappa shape index (κ1) is 14.0. The fourth-order valence-corrected chi connectivity index (χ4v) is 1.32. The molecular weight excluding hydrogens is 230 g/mol. The molecule has 0 bridgehead atoms. The minimum atomic E-state index is -0.414. The molecule has 1 amide bonds. The maximum absolute atomic E-state index is 11.8. The summed E-state index contributed by atoms with van der Waals surface area (Å²) < 4.78 is 4.86. The van der Waals surface area contributed by atoms with Gasteiger partial charge in [0, 0.05) is 11.3 Å². The number of rotatable bonds is 4. The smallest absolute Gasteiger partial charge is 0.335 e. The number of hydrogen-bond acceptors (Lipinski definition) is 3. The molecule has 0 aliphatic rings. The zero-order valence-electron chi connectivity index (χ0n) is 10.8. The predicted octanol–water partition coefficient (Wildman–Crippen LogP) is 2.27. The summed E-state index contributed by atoms with van der Waals surface area (Å²) in [6.45, 7) is 5.35. The van der Waals surface area contributed by atoms with E-state index < -0.39 is 5.97 Å². The van der Waals surface area contributed by atoms with Gasteiger partial charge in [-0.15, -0.1) is 0 Å². The summed E-state index contributed by atoms with van der Waals surface area (Å²) in [4.78, 5) is 23.3. The van der Waals surface area contributed by atoms with Crippen molar-refractivity contribution in [3.05, 3.63) is 47.2 Å². The van der Waals surface area contributed by atoms with E-state index in [1.165, 1.54) is 0 Å². The van der Waals surface area contributed by atoms with Crippen LogP contribution in [0.4, 0.5) is 0 Å². The van der Waals surface area contributed by atoms with E-state index in [1.54, 1.807) is 45.0 Å². The second kappa shape index (κ2) is 6.59. The standard InChI is InChI=1S/C14H17NO3/c1-4-18-14(17)10(2)11(3)15-13(16)12-8-6-5-7-9-12/h5-9H,4H2,1-3H3,(H,15,16)/b11-10-. The number of benzene rings is 1. The second-order valence-corrected chi connectivity index (χ2v) is 3.79. The largest absolute Gasteiger partial charge is 0.463 e. The topological polar surface area (TPSA) is 55.4 Å². The molecule has 0 saturated heterocycles. The molecule has 0 atom stereocenters. The van der Waals surface area contributed by atoms with E-state index in [2.05, 4.69) is 5.32 Å².